The van der Waals surface area contributed by atoms with E-state index in [1.807, 2.05) is 66.7 Å². The van der Waals surface area contributed by atoms with E-state index >= 15 is 0 Å². The molecule has 7 heteroatoms. The third kappa shape index (κ3) is 6.84. The van der Waals surface area contributed by atoms with Crippen molar-refractivity contribution in [1.29, 1.82) is 0 Å². The molecule has 0 spiro atoms. The summed E-state index contributed by atoms with van der Waals surface area (Å²) < 4.78 is 2.32. The van der Waals surface area contributed by atoms with Crippen molar-refractivity contribution in [2.75, 3.05) is 0 Å². The molecule has 38 heavy (non-hydrogen) atoms. The fourth-order valence-electron chi connectivity index (χ4n) is 4.28. The van der Waals surface area contributed by atoms with E-state index in [1.54, 1.807) is 0 Å². The molecule has 1 amide bonds. The van der Waals surface area contributed by atoms with E-state index in [-0.39, 0.29) is 5.91 Å². The molecule has 0 unspecified atom stereocenters. The quantitative estimate of drug-likeness (QED) is 0.0820. The number of hydrogen-bond acceptors (Lipinski definition) is 3. The molecule has 4 aromatic rings. The summed E-state index contributed by atoms with van der Waals surface area (Å²) in [6, 6.07) is 21.2. The smallest absolute Gasteiger partial charge is 0.251 e. The van der Waals surface area contributed by atoms with Gasteiger partial charge < -0.3 is 21.5 Å². The third-order valence-corrected chi connectivity index (χ3v) is 6.68. The van der Waals surface area contributed by atoms with Crippen molar-refractivity contribution in [2.45, 2.75) is 46.7 Å². The number of benzene rings is 3. The minimum atomic E-state index is -0.107. The molecule has 198 valence electrons. The number of nitrogens with one attached hydrogen (secondary N) is 1. The van der Waals surface area contributed by atoms with E-state index in [4.69, 9.17) is 23.2 Å². The maximum atomic E-state index is 12.6. The van der Waals surface area contributed by atoms with Crippen LogP contribution in [0.4, 0.5) is 0 Å². The number of aryl methyl sites for hydroxylation is 1. The van der Waals surface area contributed by atoms with Gasteiger partial charge in [0.2, 0.25) is 0 Å². The first-order valence-electron chi connectivity index (χ1n) is 12.7. The number of fused-ring (bicyclic) bond motifs is 1. The number of amides is 1. The van der Waals surface area contributed by atoms with Gasteiger partial charge in [0.25, 0.3) is 5.91 Å². The number of carbonyl (C=O) groups excluding carboxylic acids is 1. The average Bonchev–Trinajstić information content (AvgIpc) is 3.22. The Balaban J connectivity index is 0.000000934. The lowest BCUT2D eigenvalue weighted by molar-refractivity contribution is 0.0951. The number of carbonyl (C=O) groups is 1. The van der Waals surface area contributed by atoms with Crippen LogP contribution in [0.15, 0.2) is 84.5 Å². The maximum absolute atomic E-state index is 12.6. The Kier molecular flexibility index (Phi) is 10.1. The van der Waals surface area contributed by atoms with Crippen LogP contribution in [0.3, 0.4) is 0 Å². The first kappa shape index (κ1) is 28.5. The fourth-order valence-corrected chi connectivity index (χ4v) is 4.40. The van der Waals surface area contributed by atoms with Crippen molar-refractivity contribution >= 4 is 34.2 Å². The first-order chi connectivity index (χ1) is 18.3. The summed E-state index contributed by atoms with van der Waals surface area (Å²) in [4.78, 5) is 12.6. The summed E-state index contributed by atoms with van der Waals surface area (Å²) in [6.45, 7) is 11.0. The SMILES string of the molecule is C=CCC.CCc1c(C)c2cc(/C(N)=N/N)ccc2n1Cc1ccc(C(=O)NCc2ccc(Cl)cc2)cc1. The molecule has 0 atom stereocenters. The van der Waals surface area contributed by atoms with Gasteiger partial charge in [-0.1, -0.05) is 55.8 Å². The number of rotatable bonds is 8. The van der Waals surface area contributed by atoms with Crippen molar-refractivity contribution in [3.8, 4) is 0 Å². The minimum absolute atomic E-state index is 0.107. The molecular weight excluding hydrogens is 494 g/mol. The predicted octanol–water partition coefficient (Wildman–Crippen LogP) is 6.31. The van der Waals surface area contributed by atoms with Crippen LogP contribution in [0.25, 0.3) is 10.9 Å². The van der Waals surface area contributed by atoms with E-state index in [1.165, 1.54) is 11.3 Å². The molecule has 4 rings (SSSR count). The van der Waals surface area contributed by atoms with Gasteiger partial charge in [-0.25, -0.2) is 0 Å². The van der Waals surface area contributed by atoms with Gasteiger partial charge in [0.15, 0.2) is 0 Å². The van der Waals surface area contributed by atoms with Gasteiger partial charge in [0.05, 0.1) is 0 Å². The second kappa shape index (κ2) is 13.5. The fraction of sp³-hybridized carbons (Fsp3) is 0.226. The van der Waals surface area contributed by atoms with E-state index in [2.05, 4.69) is 48.4 Å². The van der Waals surface area contributed by atoms with E-state index in [9.17, 15) is 4.79 Å². The highest BCUT2D eigenvalue weighted by Gasteiger charge is 2.15. The molecule has 0 saturated carbocycles. The summed E-state index contributed by atoms with van der Waals surface area (Å²) >= 11 is 5.92. The van der Waals surface area contributed by atoms with Gasteiger partial charge in [-0.3, -0.25) is 4.79 Å². The van der Waals surface area contributed by atoms with Crippen LogP contribution >= 0.6 is 11.6 Å². The molecule has 0 fully saturated rings. The van der Waals surface area contributed by atoms with E-state index in [0.29, 0.717) is 29.5 Å². The zero-order valence-corrected chi connectivity index (χ0v) is 23.1. The molecule has 0 aliphatic rings. The van der Waals surface area contributed by atoms with Crippen LogP contribution in [-0.4, -0.2) is 16.3 Å². The van der Waals surface area contributed by atoms with Gasteiger partial charge in [-0.15, -0.1) is 6.58 Å². The zero-order valence-electron chi connectivity index (χ0n) is 22.3. The van der Waals surface area contributed by atoms with Gasteiger partial charge in [-0.05, 0) is 78.9 Å². The molecule has 0 aliphatic heterocycles. The molecule has 0 saturated heterocycles. The number of allylic oxidation sites excluding steroid dienone is 1. The maximum Gasteiger partial charge on any atom is 0.251 e. The van der Waals surface area contributed by atoms with Crippen molar-refractivity contribution < 1.29 is 4.79 Å². The molecule has 6 nitrogen and oxygen atoms in total. The first-order valence-corrected chi connectivity index (χ1v) is 13.1. The predicted molar refractivity (Wildman–Crippen MR) is 160 cm³/mol. The molecule has 3 aromatic carbocycles. The highest BCUT2D eigenvalue weighted by atomic mass is 35.5. The average molecular weight is 530 g/mol. The van der Waals surface area contributed by atoms with E-state index < -0.39 is 0 Å². The molecule has 1 aromatic heterocycles. The minimum Gasteiger partial charge on any atom is -0.382 e. The highest BCUT2D eigenvalue weighted by molar-refractivity contribution is 6.30. The number of hydrazone groups is 1. The molecular formula is C31H36ClN5O. The Morgan fingerprint density at radius 3 is 2.21 bits per heavy atom. The Hall–Kier alpha value is -4.03. The lowest BCUT2D eigenvalue weighted by Crippen LogP contribution is -2.22. The highest BCUT2D eigenvalue weighted by Crippen LogP contribution is 2.28. The normalized spacial score (nSPS) is 11.1. The summed E-state index contributed by atoms with van der Waals surface area (Å²) in [5.41, 5.74) is 13.1. The third-order valence-electron chi connectivity index (χ3n) is 6.43. The van der Waals surface area contributed by atoms with Crippen molar-refractivity contribution in [2.24, 2.45) is 16.7 Å². The Morgan fingerprint density at radius 1 is 1.03 bits per heavy atom. The summed E-state index contributed by atoms with van der Waals surface area (Å²) in [6.07, 6.45) is 3.86. The number of nitrogens with zero attached hydrogens (tertiary/aromatic N) is 2. The van der Waals surface area contributed by atoms with Crippen LogP contribution in [0, 0.1) is 6.92 Å². The lowest BCUT2D eigenvalue weighted by Gasteiger charge is -2.12. The van der Waals surface area contributed by atoms with E-state index in [0.717, 1.165) is 40.4 Å². The summed E-state index contributed by atoms with van der Waals surface area (Å²) in [5.74, 6) is 5.57. The Labute approximate surface area is 230 Å². The van der Waals surface area contributed by atoms with Crippen LogP contribution in [0.1, 0.15) is 58.6 Å². The molecule has 0 bridgehead atoms. The number of aromatic nitrogens is 1. The molecule has 0 aliphatic carbocycles. The second-order valence-corrected chi connectivity index (χ2v) is 9.40. The molecule has 1 heterocycles. The van der Waals surface area contributed by atoms with Gasteiger partial charge in [0, 0.05) is 45.8 Å². The topological polar surface area (TPSA) is 98.4 Å². The van der Waals surface area contributed by atoms with Crippen molar-refractivity contribution in [3.05, 3.63) is 118 Å². The van der Waals surface area contributed by atoms with Gasteiger partial charge in [0.1, 0.15) is 5.84 Å². The standard InChI is InChI=1S/C27H28ClN5O.C4H8/c1-3-24-17(2)23-14-21(26(29)32-30)10-13-25(23)33(24)16-19-4-8-20(9-5-19)27(34)31-15-18-6-11-22(28)12-7-18;1-3-4-2/h4-14H,3,15-16,30H2,1-2H3,(H2,29,32)(H,31,34);3H,1,4H2,2H3. The van der Waals surface area contributed by atoms with Crippen LogP contribution in [0.2, 0.25) is 5.02 Å². The van der Waals surface area contributed by atoms with Crippen molar-refractivity contribution in [1.82, 2.24) is 9.88 Å². The van der Waals surface area contributed by atoms with Crippen LogP contribution in [0.5, 0.6) is 0 Å². The number of hydrogen-bond donors (Lipinski definition) is 3. The van der Waals surface area contributed by atoms with Crippen molar-refractivity contribution in [3.63, 3.8) is 0 Å². The van der Waals surface area contributed by atoms with Crippen LogP contribution in [-0.2, 0) is 19.5 Å². The Bertz CT molecular complexity index is 1420. The Morgan fingerprint density at radius 2 is 1.63 bits per heavy atom. The number of halogens is 1. The lowest BCUT2D eigenvalue weighted by atomic mass is 10.1. The number of amidine groups is 1. The van der Waals surface area contributed by atoms with Crippen LogP contribution < -0.4 is 16.9 Å². The summed E-state index contributed by atoms with van der Waals surface area (Å²) in [7, 11) is 0. The van der Waals surface area contributed by atoms with Gasteiger partial charge in [-0.2, -0.15) is 5.10 Å². The number of nitrogens with two attached hydrogens (primary N) is 2. The second-order valence-electron chi connectivity index (χ2n) is 8.96. The zero-order chi connectivity index (χ0) is 27.7. The monoisotopic (exact) mass is 529 g/mol. The largest absolute Gasteiger partial charge is 0.382 e. The molecule has 5 N–H and O–H groups in total. The molecule has 0 radical (unpaired) electrons. The summed E-state index contributed by atoms with van der Waals surface area (Å²) in [5, 5.41) is 8.39. The van der Waals surface area contributed by atoms with Gasteiger partial charge >= 0.3 is 0 Å².